The second-order valence-electron chi connectivity index (χ2n) is 4.85. The van der Waals surface area contributed by atoms with Gasteiger partial charge in [-0.15, -0.1) is 6.58 Å². The fraction of sp³-hybridized carbons (Fsp3) is 0.769. The minimum absolute atomic E-state index is 0.247. The molecule has 0 atom stereocenters. The summed E-state index contributed by atoms with van der Waals surface area (Å²) in [6, 6.07) is 0. The molecule has 0 heterocycles. The van der Waals surface area contributed by atoms with Crippen LogP contribution in [0.25, 0.3) is 0 Å². The zero-order chi connectivity index (χ0) is 12.0. The molecule has 2 N–H and O–H groups in total. The maximum Gasteiger partial charge on any atom is 0.229 e. The quantitative estimate of drug-likeness (QED) is 0.553. The van der Waals surface area contributed by atoms with Crippen LogP contribution in [0, 0.1) is 5.41 Å². The van der Waals surface area contributed by atoms with Crippen molar-refractivity contribution in [3.8, 4) is 0 Å². The Balaban J connectivity index is 2.50. The molecule has 1 rings (SSSR count). The SMILES string of the molecule is C=CCCCN(C)C(=O)C1(CN)CCCC1. The van der Waals surface area contributed by atoms with Gasteiger partial charge in [0, 0.05) is 20.1 Å². The standard InChI is InChI=1S/C13H24N2O/c1-3-4-7-10-15(2)12(16)13(11-14)8-5-6-9-13/h3H,1,4-11,14H2,2H3. The fourth-order valence-corrected chi connectivity index (χ4v) is 2.54. The van der Waals surface area contributed by atoms with Gasteiger partial charge in [0.15, 0.2) is 0 Å². The predicted octanol–water partition coefficient (Wildman–Crippen LogP) is 1.93. The van der Waals surface area contributed by atoms with Gasteiger partial charge in [-0.3, -0.25) is 4.79 Å². The Kier molecular flexibility index (Phi) is 5.00. The lowest BCUT2D eigenvalue weighted by Crippen LogP contribution is -2.45. The molecule has 0 saturated heterocycles. The molecule has 3 nitrogen and oxygen atoms in total. The first-order chi connectivity index (χ1) is 7.66. The van der Waals surface area contributed by atoms with E-state index in [2.05, 4.69) is 6.58 Å². The number of amides is 1. The molecule has 0 unspecified atom stereocenters. The summed E-state index contributed by atoms with van der Waals surface area (Å²) in [5.74, 6) is 0.247. The minimum atomic E-state index is -0.247. The van der Waals surface area contributed by atoms with Crippen molar-refractivity contribution in [3.63, 3.8) is 0 Å². The fourth-order valence-electron chi connectivity index (χ4n) is 2.54. The molecule has 0 aliphatic heterocycles. The van der Waals surface area contributed by atoms with E-state index < -0.39 is 0 Å². The van der Waals surface area contributed by atoms with Gasteiger partial charge in [-0.2, -0.15) is 0 Å². The molecule has 92 valence electrons. The van der Waals surface area contributed by atoms with E-state index in [1.165, 1.54) is 0 Å². The smallest absolute Gasteiger partial charge is 0.229 e. The second kappa shape index (κ2) is 6.04. The third kappa shape index (κ3) is 2.85. The van der Waals surface area contributed by atoms with E-state index in [0.29, 0.717) is 6.54 Å². The number of rotatable bonds is 6. The Hall–Kier alpha value is -0.830. The van der Waals surface area contributed by atoms with Crippen LogP contribution in [-0.4, -0.2) is 30.9 Å². The van der Waals surface area contributed by atoms with Crippen molar-refractivity contribution in [2.45, 2.75) is 38.5 Å². The van der Waals surface area contributed by atoms with Crippen molar-refractivity contribution in [3.05, 3.63) is 12.7 Å². The molecular formula is C13H24N2O. The van der Waals surface area contributed by atoms with Crippen molar-refractivity contribution in [1.82, 2.24) is 4.90 Å². The molecule has 0 aromatic heterocycles. The molecule has 0 radical (unpaired) electrons. The lowest BCUT2D eigenvalue weighted by atomic mass is 9.84. The van der Waals surface area contributed by atoms with Gasteiger partial charge in [0.25, 0.3) is 0 Å². The number of carbonyl (C=O) groups is 1. The summed E-state index contributed by atoms with van der Waals surface area (Å²) in [4.78, 5) is 14.2. The van der Waals surface area contributed by atoms with Gasteiger partial charge in [-0.05, 0) is 25.7 Å². The number of allylic oxidation sites excluding steroid dienone is 1. The Labute approximate surface area is 98.7 Å². The normalized spacial score (nSPS) is 18.4. The molecular weight excluding hydrogens is 200 g/mol. The molecule has 0 bridgehead atoms. The van der Waals surface area contributed by atoms with Crippen LogP contribution >= 0.6 is 0 Å². The van der Waals surface area contributed by atoms with Crippen LogP contribution in [-0.2, 0) is 4.79 Å². The van der Waals surface area contributed by atoms with Gasteiger partial charge < -0.3 is 10.6 Å². The summed E-state index contributed by atoms with van der Waals surface area (Å²) in [5, 5.41) is 0. The number of hydrogen-bond acceptors (Lipinski definition) is 2. The van der Waals surface area contributed by atoms with Crippen molar-refractivity contribution >= 4 is 5.91 Å². The number of hydrogen-bond donors (Lipinski definition) is 1. The van der Waals surface area contributed by atoms with Gasteiger partial charge in [-0.25, -0.2) is 0 Å². The molecule has 16 heavy (non-hydrogen) atoms. The summed E-state index contributed by atoms with van der Waals surface area (Å²) in [5.41, 5.74) is 5.55. The largest absolute Gasteiger partial charge is 0.345 e. The minimum Gasteiger partial charge on any atom is -0.345 e. The van der Waals surface area contributed by atoms with Crippen LogP contribution < -0.4 is 5.73 Å². The van der Waals surface area contributed by atoms with Gasteiger partial charge in [0.1, 0.15) is 0 Å². The van der Waals surface area contributed by atoms with Crippen LogP contribution in [0.15, 0.2) is 12.7 Å². The molecule has 1 amide bonds. The van der Waals surface area contributed by atoms with Crippen LogP contribution in [0.3, 0.4) is 0 Å². The number of nitrogens with zero attached hydrogens (tertiary/aromatic N) is 1. The lowest BCUT2D eigenvalue weighted by Gasteiger charge is -2.31. The first kappa shape index (κ1) is 13.2. The average molecular weight is 224 g/mol. The molecule has 3 heteroatoms. The van der Waals surface area contributed by atoms with E-state index in [-0.39, 0.29) is 11.3 Å². The van der Waals surface area contributed by atoms with Crippen molar-refractivity contribution in [2.75, 3.05) is 20.1 Å². The van der Waals surface area contributed by atoms with E-state index in [1.807, 2.05) is 18.0 Å². The van der Waals surface area contributed by atoms with Gasteiger partial charge >= 0.3 is 0 Å². The van der Waals surface area contributed by atoms with Crippen LogP contribution in [0.5, 0.6) is 0 Å². The van der Waals surface area contributed by atoms with Crippen molar-refractivity contribution in [1.29, 1.82) is 0 Å². The zero-order valence-electron chi connectivity index (χ0n) is 10.4. The summed E-state index contributed by atoms with van der Waals surface area (Å²) < 4.78 is 0. The number of carbonyl (C=O) groups excluding carboxylic acids is 1. The highest BCUT2D eigenvalue weighted by Crippen LogP contribution is 2.38. The van der Waals surface area contributed by atoms with E-state index in [1.54, 1.807) is 0 Å². The third-order valence-electron chi connectivity index (χ3n) is 3.65. The van der Waals surface area contributed by atoms with Gasteiger partial charge in [0.2, 0.25) is 5.91 Å². The van der Waals surface area contributed by atoms with E-state index >= 15 is 0 Å². The average Bonchev–Trinajstić information content (AvgIpc) is 2.78. The molecule has 1 aliphatic rings. The van der Waals surface area contributed by atoms with E-state index in [4.69, 9.17) is 5.73 Å². The summed E-state index contributed by atoms with van der Waals surface area (Å²) in [7, 11) is 1.89. The number of nitrogens with two attached hydrogens (primary N) is 1. The summed E-state index contributed by atoms with van der Waals surface area (Å²) in [6.45, 7) is 5.00. The Morgan fingerprint density at radius 2 is 2.12 bits per heavy atom. The third-order valence-corrected chi connectivity index (χ3v) is 3.65. The maximum atomic E-state index is 12.3. The predicted molar refractivity (Wildman–Crippen MR) is 67.0 cm³/mol. The van der Waals surface area contributed by atoms with E-state index in [9.17, 15) is 4.79 Å². The van der Waals surface area contributed by atoms with Gasteiger partial charge in [0.05, 0.1) is 5.41 Å². The van der Waals surface area contributed by atoms with E-state index in [0.717, 1.165) is 45.1 Å². The first-order valence-corrected chi connectivity index (χ1v) is 6.23. The molecule has 1 saturated carbocycles. The number of unbranched alkanes of at least 4 members (excludes halogenated alkanes) is 1. The summed E-state index contributed by atoms with van der Waals surface area (Å²) in [6.07, 6.45) is 8.07. The Bertz CT molecular complexity index is 244. The highest BCUT2D eigenvalue weighted by Gasteiger charge is 2.41. The highest BCUT2D eigenvalue weighted by atomic mass is 16.2. The Morgan fingerprint density at radius 3 is 2.62 bits per heavy atom. The first-order valence-electron chi connectivity index (χ1n) is 6.23. The molecule has 0 spiro atoms. The van der Waals surface area contributed by atoms with Crippen molar-refractivity contribution < 1.29 is 4.79 Å². The zero-order valence-corrected chi connectivity index (χ0v) is 10.4. The maximum absolute atomic E-state index is 12.3. The molecule has 0 aromatic rings. The molecule has 1 fully saturated rings. The van der Waals surface area contributed by atoms with Crippen molar-refractivity contribution in [2.24, 2.45) is 11.1 Å². The molecule has 0 aromatic carbocycles. The van der Waals surface area contributed by atoms with Crippen LogP contribution in [0.4, 0.5) is 0 Å². The molecule has 1 aliphatic carbocycles. The van der Waals surface area contributed by atoms with Gasteiger partial charge in [-0.1, -0.05) is 18.9 Å². The topological polar surface area (TPSA) is 46.3 Å². The second-order valence-corrected chi connectivity index (χ2v) is 4.85. The van der Waals surface area contributed by atoms with Crippen LogP contribution in [0.2, 0.25) is 0 Å². The monoisotopic (exact) mass is 224 g/mol. The highest BCUT2D eigenvalue weighted by molar-refractivity contribution is 5.83. The van der Waals surface area contributed by atoms with Crippen LogP contribution in [0.1, 0.15) is 38.5 Å². The summed E-state index contributed by atoms with van der Waals surface area (Å²) >= 11 is 0. The Morgan fingerprint density at radius 1 is 1.50 bits per heavy atom. The lowest BCUT2D eigenvalue weighted by molar-refractivity contribution is -0.140.